The molecule has 1 aromatic carbocycles. The fourth-order valence-electron chi connectivity index (χ4n) is 4.16. The maximum absolute atomic E-state index is 12.5. The lowest BCUT2D eigenvalue weighted by atomic mass is 9.85. The minimum absolute atomic E-state index is 0.0298. The Morgan fingerprint density at radius 3 is 3.00 bits per heavy atom. The molecule has 0 bridgehead atoms. The first-order chi connectivity index (χ1) is 11.2. The summed E-state index contributed by atoms with van der Waals surface area (Å²) in [7, 11) is 2.00. The number of fused-ring (bicyclic) bond motifs is 2. The molecule has 2 aromatic rings. The Balaban J connectivity index is 1.40. The molecule has 2 N–H and O–H groups in total. The van der Waals surface area contributed by atoms with Gasteiger partial charge in [0.2, 0.25) is 5.91 Å². The highest BCUT2D eigenvalue weighted by molar-refractivity contribution is 5.82. The van der Waals surface area contributed by atoms with E-state index in [4.69, 9.17) is 0 Å². The van der Waals surface area contributed by atoms with Crippen molar-refractivity contribution in [2.24, 2.45) is 13.0 Å². The third kappa shape index (κ3) is 2.74. The Morgan fingerprint density at radius 2 is 2.17 bits per heavy atom. The molecule has 1 aromatic heterocycles. The van der Waals surface area contributed by atoms with Crippen molar-refractivity contribution in [3.05, 3.63) is 30.1 Å². The predicted octanol–water partition coefficient (Wildman–Crippen LogP) is 2.11. The van der Waals surface area contributed by atoms with Gasteiger partial charge in [-0.1, -0.05) is 25.0 Å². The van der Waals surface area contributed by atoms with Crippen LogP contribution in [-0.4, -0.2) is 27.5 Å². The van der Waals surface area contributed by atoms with Crippen LogP contribution < -0.4 is 10.6 Å². The number of nitrogens with one attached hydrogen (secondary N) is 2. The summed E-state index contributed by atoms with van der Waals surface area (Å²) >= 11 is 0. The molecule has 1 aliphatic carbocycles. The summed E-state index contributed by atoms with van der Waals surface area (Å²) in [6.07, 6.45) is 6.09. The number of para-hydroxylation sites is 2. The predicted molar refractivity (Wildman–Crippen MR) is 89.8 cm³/mol. The van der Waals surface area contributed by atoms with Crippen LogP contribution >= 0.6 is 0 Å². The molecule has 1 amide bonds. The van der Waals surface area contributed by atoms with Gasteiger partial charge in [-0.2, -0.15) is 0 Å². The minimum atomic E-state index is -0.0298. The average Bonchev–Trinajstić information content (AvgIpc) is 3.15. The Labute approximate surface area is 136 Å². The van der Waals surface area contributed by atoms with Crippen molar-refractivity contribution in [1.29, 1.82) is 0 Å². The third-order valence-corrected chi connectivity index (χ3v) is 5.48. The standard InChI is InChI=1S/C18H24N4O/c1-22-16-9-5-4-8-14(16)21-17(22)11-19-18(23)15-10-12-6-2-3-7-13(12)20-15/h4-5,8-9,12-13,15,20H,2-3,6-7,10-11H2,1H3,(H,19,23). The van der Waals surface area contributed by atoms with Crippen molar-refractivity contribution in [1.82, 2.24) is 20.2 Å². The van der Waals surface area contributed by atoms with Crippen molar-refractivity contribution in [3.8, 4) is 0 Å². The summed E-state index contributed by atoms with van der Waals surface area (Å²) in [6, 6.07) is 8.58. The number of carbonyl (C=O) groups is 1. The van der Waals surface area contributed by atoms with Gasteiger partial charge in [0.25, 0.3) is 0 Å². The van der Waals surface area contributed by atoms with E-state index in [1.54, 1.807) is 0 Å². The molecular weight excluding hydrogens is 288 g/mol. The largest absolute Gasteiger partial charge is 0.348 e. The van der Waals surface area contributed by atoms with Crippen LogP contribution in [-0.2, 0) is 18.4 Å². The molecule has 2 aliphatic rings. The summed E-state index contributed by atoms with van der Waals surface area (Å²) in [6.45, 7) is 0.484. The van der Waals surface area contributed by atoms with Crippen LogP contribution in [0.5, 0.6) is 0 Å². The molecule has 2 fully saturated rings. The first kappa shape index (κ1) is 14.7. The molecule has 2 heterocycles. The number of hydrogen-bond donors (Lipinski definition) is 2. The normalized spacial score (nSPS) is 27.1. The zero-order chi connectivity index (χ0) is 15.8. The van der Waals surface area contributed by atoms with Crippen molar-refractivity contribution in [3.63, 3.8) is 0 Å². The molecule has 4 rings (SSSR count). The van der Waals surface area contributed by atoms with Crippen molar-refractivity contribution in [2.75, 3.05) is 0 Å². The number of aromatic nitrogens is 2. The summed E-state index contributed by atoms with van der Waals surface area (Å²) in [5.41, 5.74) is 2.08. The van der Waals surface area contributed by atoms with Gasteiger partial charge < -0.3 is 15.2 Å². The Hall–Kier alpha value is -1.88. The molecule has 1 saturated heterocycles. The third-order valence-electron chi connectivity index (χ3n) is 5.48. The maximum atomic E-state index is 12.5. The molecule has 3 atom stereocenters. The van der Waals surface area contributed by atoms with E-state index >= 15 is 0 Å². The van der Waals surface area contributed by atoms with E-state index in [2.05, 4.69) is 26.3 Å². The highest BCUT2D eigenvalue weighted by Crippen LogP contribution is 2.33. The zero-order valence-electron chi connectivity index (χ0n) is 13.6. The number of benzene rings is 1. The second-order valence-corrected chi connectivity index (χ2v) is 6.90. The van der Waals surface area contributed by atoms with E-state index in [-0.39, 0.29) is 11.9 Å². The second-order valence-electron chi connectivity index (χ2n) is 6.90. The molecule has 3 unspecified atom stereocenters. The number of imidazole rings is 1. The van der Waals surface area contributed by atoms with Gasteiger partial charge >= 0.3 is 0 Å². The van der Waals surface area contributed by atoms with Crippen LogP contribution in [0.3, 0.4) is 0 Å². The Morgan fingerprint density at radius 1 is 1.35 bits per heavy atom. The summed E-state index contributed by atoms with van der Waals surface area (Å²) in [5.74, 6) is 1.71. The van der Waals surface area contributed by atoms with Crippen LogP contribution in [0.25, 0.3) is 11.0 Å². The van der Waals surface area contributed by atoms with Gasteiger partial charge in [0.05, 0.1) is 23.6 Å². The average molecular weight is 312 g/mol. The zero-order valence-corrected chi connectivity index (χ0v) is 13.6. The Bertz CT molecular complexity index is 709. The van der Waals surface area contributed by atoms with E-state index in [0.29, 0.717) is 18.5 Å². The van der Waals surface area contributed by atoms with Crippen molar-refractivity contribution >= 4 is 16.9 Å². The molecular formula is C18H24N4O. The van der Waals surface area contributed by atoms with E-state index in [9.17, 15) is 4.79 Å². The molecule has 122 valence electrons. The number of carbonyl (C=O) groups excluding carboxylic acids is 1. The smallest absolute Gasteiger partial charge is 0.237 e. The van der Waals surface area contributed by atoms with E-state index < -0.39 is 0 Å². The molecule has 1 saturated carbocycles. The second kappa shape index (κ2) is 5.96. The monoisotopic (exact) mass is 312 g/mol. The summed E-state index contributed by atoms with van der Waals surface area (Å²) in [4.78, 5) is 17.1. The van der Waals surface area contributed by atoms with Crippen LogP contribution in [0.4, 0.5) is 0 Å². The molecule has 5 nitrogen and oxygen atoms in total. The minimum Gasteiger partial charge on any atom is -0.348 e. The van der Waals surface area contributed by atoms with Gasteiger partial charge in [-0.25, -0.2) is 4.98 Å². The fourth-order valence-corrected chi connectivity index (χ4v) is 4.16. The first-order valence-electron chi connectivity index (χ1n) is 8.66. The summed E-state index contributed by atoms with van der Waals surface area (Å²) in [5, 5.41) is 6.60. The number of nitrogens with zero attached hydrogens (tertiary/aromatic N) is 2. The van der Waals surface area contributed by atoms with E-state index in [1.807, 2.05) is 25.2 Å². The van der Waals surface area contributed by atoms with Crippen molar-refractivity contribution < 1.29 is 4.79 Å². The molecule has 0 radical (unpaired) electrons. The van der Waals surface area contributed by atoms with Crippen LogP contribution in [0.1, 0.15) is 37.9 Å². The molecule has 1 aliphatic heterocycles. The molecule has 23 heavy (non-hydrogen) atoms. The van der Waals surface area contributed by atoms with E-state index in [0.717, 1.165) is 23.3 Å². The van der Waals surface area contributed by atoms with Gasteiger partial charge in [0.15, 0.2) is 0 Å². The lowest BCUT2D eigenvalue weighted by Crippen LogP contribution is -2.43. The molecule has 0 spiro atoms. The molecule has 5 heteroatoms. The number of rotatable bonds is 3. The van der Waals surface area contributed by atoms with Crippen molar-refractivity contribution in [2.45, 2.75) is 50.7 Å². The highest BCUT2D eigenvalue weighted by atomic mass is 16.2. The number of hydrogen-bond acceptors (Lipinski definition) is 3. The van der Waals surface area contributed by atoms with Gasteiger partial charge in [0.1, 0.15) is 5.82 Å². The van der Waals surface area contributed by atoms with Crippen LogP contribution in [0.2, 0.25) is 0 Å². The van der Waals surface area contributed by atoms with Gasteiger partial charge in [-0.05, 0) is 37.3 Å². The SMILES string of the molecule is Cn1c(CNC(=O)C2CC3CCCCC3N2)nc2ccccc21. The summed E-state index contributed by atoms with van der Waals surface area (Å²) < 4.78 is 2.05. The van der Waals surface area contributed by atoms with Gasteiger partial charge in [-0.3, -0.25) is 4.79 Å². The number of aryl methyl sites for hydroxylation is 1. The van der Waals surface area contributed by atoms with E-state index in [1.165, 1.54) is 25.7 Å². The highest BCUT2D eigenvalue weighted by Gasteiger charge is 2.38. The van der Waals surface area contributed by atoms with Crippen LogP contribution in [0, 0.1) is 5.92 Å². The van der Waals surface area contributed by atoms with Gasteiger partial charge in [-0.15, -0.1) is 0 Å². The maximum Gasteiger partial charge on any atom is 0.237 e. The topological polar surface area (TPSA) is 59.0 Å². The lowest BCUT2D eigenvalue weighted by molar-refractivity contribution is -0.123. The fraction of sp³-hybridized carbons (Fsp3) is 0.556. The van der Waals surface area contributed by atoms with Crippen LogP contribution in [0.15, 0.2) is 24.3 Å². The Kier molecular flexibility index (Phi) is 3.81. The van der Waals surface area contributed by atoms with Gasteiger partial charge in [0, 0.05) is 13.1 Å². The lowest BCUT2D eigenvalue weighted by Gasteiger charge is -2.24. The quantitative estimate of drug-likeness (QED) is 0.912. The number of amides is 1. The first-order valence-corrected chi connectivity index (χ1v) is 8.66.